The predicted molar refractivity (Wildman–Crippen MR) is 96.7 cm³/mol. The van der Waals surface area contributed by atoms with Gasteiger partial charge in [0, 0.05) is 16.8 Å². The van der Waals surface area contributed by atoms with Crippen molar-refractivity contribution in [3.63, 3.8) is 0 Å². The van der Waals surface area contributed by atoms with Gasteiger partial charge in [0.1, 0.15) is 11.5 Å². The number of ether oxygens (including phenoxy) is 2. The molecule has 136 valence electrons. The predicted octanol–water partition coefficient (Wildman–Crippen LogP) is 1.79. The van der Waals surface area contributed by atoms with Crippen LogP contribution in [0, 0.1) is 0 Å². The monoisotopic (exact) mass is 357 g/mol. The van der Waals surface area contributed by atoms with Crippen molar-refractivity contribution in [1.29, 1.82) is 0 Å². The number of anilines is 1. The Morgan fingerprint density at radius 1 is 1.12 bits per heavy atom. The fourth-order valence-electron chi connectivity index (χ4n) is 2.05. The number of primary amides is 1. The molecule has 26 heavy (non-hydrogen) atoms. The van der Waals surface area contributed by atoms with Gasteiger partial charge in [-0.1, -0.05) is 5.16 Å². The van der Waals surface area contributed by atoms with E-state index in [2.05, 4.69) is 10.5 Å². The fraction of sp³-hybridized carbons (Fsp3) is 0.167. The second kappa shape index (κ2) is 9.07. The molecule has 0 fully saturated rings. The van der Waals surface area contributed by atoms with Crippen LogP contribution in [0.4, 0.5) is 5.69 Å². The minimum absolute atomic E-state index is 0.277. The van der Waals surface area contributed by atoms with E-state index in [4.69, 9.17) is 20.0 Å². The zero-order valence-corrected chi connectivity index (χ0v) is 14.4. The zero-order chi connectivity index (χ0) is 18.9. The van der Waals surface area contributed by atoms with Gasteiger partial charge in [-0.15, -0.1) is 0 Å². The summed E-state index contributed by atoms with van der Waals surface area (Å²) in [7, 11) is 3.09. The summed E-state index contributed by atoms with van der Waals surface area (Å²) in [4.78, 5) is 27.8. The SMILES string of the molecule is COc1ccc(OC)c(/C=N/OCC(=O)Nc2ccc(C(N)=O)cc2)c1. The summed E-state index contributed by atoms with van der Waals surface area (Å²) in [5.74, 6) is 0.307. The molecule has 8 heteroatoms. The number of methoxy groups -OCH3 is 2. The van der Waals surface area contributed by atoms with Crippen molar-refractivity contribution >= 4 is 23.7 Å². The number of nitrogens with zero attached hydrogens (tertiary/aromatic N) is 1. The van der Waals surface area contributed by atoms with E-state index in [1.165, 1.54) is 25.5 Å². The molecule has 0 saturated heterocycles. The maximum atomic E-state index is 11.8. The zero-order valence-electron chi connectivity index (χ0n) is 14.4. The molecule has 0 aromatic heterocycles. The van der Waals surface area contributed by atoms with E-state index in [1.54, 1.807) is 37.4 Å². The Bertz CT molecular complexity index is 803. The van der Waals surface area contributed by atoms with Crippen LogP contribution in [-0.2, 0) is 9.63 Å². The van der Waals surface area contributed by atoms with Gasteiger partial charge in [-0.2, -0.15) is 0 Å². The van der Waals surface area contributed by atoms with Gasteiger partial charge < -0.3 is 25.4 Å². The van der Waals surface area contributed by atoms with Gasteiger partial charge >= 0.3 is 0 Å². The van der Waals surface area contributed by atoms with Crippen LogP contribution in [0.3, 0.4) is 0 Å². The highest BCUT2D eigenvalue weighted by Crippen LogP contribution is 2.22. The lowest BCUT2D eigenvalue weighted by molar-refractivity contribution is -0.120. The summed E-state index contributed by atoms with van der Waals surface area (Å²) >= 11 is 0. The van der Waals surface area contributed by atoms with Crippen molar-refractivity contribution in [3.8, 4) is 11.5 Å². The smallest absolute Gasteiger partial charge is 0.265 e. The van der Waals surface area contributed by atoms with Crippen LogP contribution >= 0.6 is 0 Å². The van der Waals surface area contributed by atoms with E-state index in [-0.39, 0.29) is 6.61 Å². The number of rotatable bonds is 8. The highest BCUT2D eigenvalue weighted by molar-refractivity contribution is 5.95. The third-order valence-corrected chi connectivity index (χ3v) is 3.35. The number of carbonyl (C=O) groups is 2. The maximum Gasteiger partial charge on any atom is 0.265 e. The van der Waals surface area contributed by atoms with Crippen LogP contribution in [0.5, 0.6) is 11.5 Å². The number of nitrogens with two attached hydrogens (primary N) is 1. The minimum atomic E-state index is -0.534. The lowest BCUT2D eigenvalue weighted by atomic mass is 10.2. The number of benzene rings is 2. The Kier molecular flexibility index (Phi) is 6.55. The minimum Gasteiger partial charge on any atom is -0.497 e. The molecule has 0 spiro atoms. The van der Waals surface area contributed by atoms with Crippen molar-refractivity contribution in [2.75, 3.05) is 26.1 Å². The molecule has 3 N–H and O–H groups in total. The Labute approximate surface area is 150 Å². The summed E-state index contributed by atoms with van der Waals surface area (Å²) in [6.07, 6.45) is 1.43. The molecule has 0 atom stereocenters. The van der Waals surface area contributed by atoms with E-state index in [0.29, 0.717) is 28.3 Å². The van der Waals surface area contributed by atoms with E-state index >= 15 is 0 Å². The molecule has 0 heterocycles. The quantitative estimate of drug-likeness (QED) is 0.552. The molecule has 2 amide bonds. The first-order chi connectivity index (χ1) is 12.5. The lowest BCUT2D eigenvalue weighted by Crippen LogP contribution is -2.17. The van der Waals surface area contributed by atoms with Crippen LogP contribution in [0.1, 0.15) is 15.9 Å². The second-order valence-electron chi connectivity index (χ2n) is 5.11. The van der Waals surface area contributed by atoms with Gasteiger partial charge in [-0.05, 0) is 42.5 Å². The highest BCUT2D eigenvalue weighted by Gasteiger charge is 2.05. The number of oxime groups is 1. The first-order valence-electron chi connectivity index (χ1n) is 7.60. The molecular formula is C18H19N3O5. The van der Waals surface area contributed by atoms with Gasteiger partial charge in [0.15, 0.2) is 6.61 Å². The molecule has 8 nitrogen and oxygen atoms in total. The molecule has 0 saturated carbocycles. The molecule has 0 bridgehead atoms. The topological polar surface area (TPSA) is 112 Å². The van der Waals surface area contributed by atoms with Crippen LogP contribution in [0.25, 0.3) is 0 Å². The number of hydrogen-bond acceptors (Lipinski definition) is 6. The maximum absolute atomic E-state index is 11.8. The van der Waals surface area contributed by atoms with E-state index in [9.17, 15) is 9.59 Å². The number of hydrogen-bond donors (Lipinski definition) is 2. The molecule has 0 aliphatic carbocycles. The molecule has 0 aliphatic heterocycles. The summed E-state index contributed by atoms with van der Waals surface area (Å²) < 4.78 is 10.4. The van der Waals surface area contributed by atoms with Crippen molar-refractivity contribution in [2.45, 2.75) is 0 Å². The summed E-state index contributed by atoms with van der Waals surface area (Å²) in [6.45, 7) is -0.277. The molecule has 0 radical (unpaired) electrons. The van der Waals surface area contributed by atoms with Gasteiger partial charge in [0.2, 0.25) is 5.91 Å². The van der Waals surface area contributed by atoms with Crippen molar-refractivity contribution < 1.29 is 23.9 Å². The summed E-state index contributed by atoms with van der Waals surface area (Å²) in [5, 5.41) is 6.37. The number of nitrogens with one attached hydrogen (secondary N) is 1. The van der Waals surface area contributed by atoms with Crippen LogP contribution in [0.15, 0.2) is 47.6 Å². The fourth-order valence-corrected chi connectivity index (χ4v) is 2.05. The van der Waals surface area contributed by atoms with Crippen LogP contribution in [-0.4, -0.2) is 38.9 Å². The Hall–Kier alpha value is -3.55. The largest absolute Gasteiger partial charge is 0.497 e. The van der Waals surface area contributed by atoms with Crippen LogP contribution < -0.4 is 20.5 Å². The Balaban J connectivity index is 1.88. The highest BCUT2D eigenvalue weighted by atomic mass is 16.6. The lowest BCUT2D eigenvalue weighted by Gasteiger charge is -2.07. The second-order valence-corrected chi connectivity index (χ2v) is 5.11. The number of amides is 2. The van der Waals surface area contributed by atoms with Gasteiger partial charge in [0.05, 0.1) is 20.4 Å². The summed E-state index contributed by atoms with van der Waals surface area (Å²) in [6, 6.07) is 11.4. The third-order valence-electron chi connectivity index (χ3n) is 3.35. The molecule has 2 aromatic rings. The third kappa shape index (κ3) is 5.23. The first kappa shape index (κ1) is 18.8. The Morgan fingerprint density at radius 2 is 1.85 bits per heavy atom. The number of carbonyl (C=O) groups excluding carboxylic acids is 2. The summed E-state index contributed by atoms with van der Waals surface area (Å²) in [5.41, 5.74) is 6.67. The average molecular weight is 357 g/mol. The Morgan fingerprint density at radius 3 is 2.46 bits per heavy atom. The van der Waals surface area contributed by atoms with Gasteiger partial charge in [-0.3, -0.25) is 9.59 Å². The van der Waals surface area contributed by atoms with Crippen molar-refractivity contribution in [2.24, 2.45) is 10.9 Å². The van der Waals surface area contributed by atoms with Gasteiger partial charge in [-0.25, -0.2) is 0 Å². The van der Waals surface area contributed by atoms with E-state index in [0.717, 1.165) is 0 Å². The molecule has 0 unspecified atom stereocenters. The van der Waals surface area contributed by atoms with Gasteiger partial charge in [0.25, 0.3) is 5.91 Å². The van der Waals surface area contributed by atoms with Crippen molar-refractivity contribution in [1.82, 2.24) is 0 Å². The van der Waals surface area contributed by atoms with Crippen molar-refractivity contribution in [3.05, 3.63) is 53.6 Å². The molecule has 0 aliphatic rings. The standard InChI is InChI=1S/C18H19N3O5/c1-24-15-7-8-16(25-2)13(9-15)10-20-26-11-17(22)21-14-5-3-12(4-6-14)18(19)23/h3-10H,11H2,1-2H3,(H2,19,23)(H,21,22)/b20-10+. The van der Waals surface area contributed by atoms with Crippen LogP contribution in [0.2, 0.25) is 0 Å². The average Bonchev–Trinajstić information content (AvgIpc) is 2.65. The molecule has 2 rings (SSSR count). The molecule has 2 aromatic carbocycles. The van der Waals surface area contributed by atoms with E-state index < -0.39 is 11.8 Å². The normalized spacial score (nSPS) is 10.4. The van der Waals surface area contributed by atoms with E-state index in [1.807, 2.05) is 0 Å². The molecular weight excluding hydrogens is 338 g/mol. The first-order valence-corrected chi connectivity index (χ1v) is 7.60.